The summed E-state index contributed by atoms with van der Waals surface area (Å²) in [5.41, 5.74) is 0.834. The van der Waals surface area contributed by atoms with E-state index in [0.29, 0.717) is 13.2 Å². The van der Waals surface area contributed by atoms with Crippen LogP contribution in [0.5, 0.6) is 0 Å². The van der Waals surface area contributed by atoms with Crippen molar-refractivity contribution in [3.05, 3.63) is 35.9 Å². The van der Waals surface area contributed by atoms with E-state index >= 15 is 0 Å². The van der Waals surface area contributed by atoms with Crippen LogP contribution < -0.4 is 0 Å². The molecule has 2 aliphatic rings. The van der Waals surface area contributed by atoms with Gasteiger partial charge >= 0.3 is 0 Å². The number of hydrogen-bond donors (Lipinski definition) is 1. The van der Waals surface area contributed by atoms with Crippen LogP contribution in [0, 0.1) is 0 Å². The lowest BCUT2D eigenvalue weighted by atomic mass is 9.78. The molecule has 1 spiro atoms. The number of aryl methyl sites for hydroxylation is 1. The molecule has 2 fully saturated rings. The van der Waals surface area contributed by atoms with Gasteiger partial charge in [0.1, 0.15) is 0 Å². The molecule has 1 aliphatic carbocycles. The van der Waals surface area contributed by atoms with E-state index in [1.165, 1.54) is 5.56 Å². The predicted molar refractivity (Wildman–Crippen MR) is 77.4 cm³/mol. The fourth-order valence-electron chi connectivity index (χ4n) is 3.40. The molecule has 110 valence electrons. The average Bonchev–Trinajstić information content (AvgIpc) is 2.93. The summed E-state index contributed by atoms with van der Waals surface area (Å²) in [5, 5.41) is 10.7. The molecule has 3 heteroatoms. The fourth-order valence-corrected chi connectivity index (χ4v) is 3.40. The molecule has 3 nitrogen and oxygen atoms in total. The van der Waals surface area contributed by atoms with Gasteiger partial charge in [0.15, 0.2) is 5.79 Å². The monoisotopic (exact) mass is 276 g/mol. The van der Waals surface area contributed by atoms with Crippen LogP contribution in [0.3, 0.4) is 0 Å². The molecule has 1 heterocycles. The zero-order valence-corrected chi connectivity index (χ0v) is 12.0. The Balaban J connectivity index is 1.46. The van der Waals surface area contributed by atoms with Gasteiger partial charge in [0.2, 0.25) is 0 Å². The summed E-state index contributed by atoms with van der Waals surface area (Å²) in [6.07, 6.45) is 6.20. The first-order valence-electron chi connectivity index (χ1n) is 7.74. The van der Waals surface area contributed by atoms with Gasteiger partial charge in [0, 0.05) is 12.8 Å². The average molecular weight is 276 g/mol. The van der Waals surface area contributed by atoms with Crippen LogP contribution in [0.25, 0.3) is 0 Å². The summed E-state index contributed by atoms with van der Waals surface area (Å²) in [6.45, 7) is 1.40. The lowest BCUT2D eigenvalue weighted by Crippen LogP contribution is -2.43. The van der Waals surface area contributed by atoms with Crippen LogP contribution >= 0.6 is 0 Å². The minimum atomic E-state index is -0.519. The van der Waals surface area contributed by atoms with Crippen LogP contribution in [0.4, 0.5) is 0 Å². The van der Waals surface area contributed by atoms with Crippen LogP contribution in [0.15, 0.2) is 30.3 Å². The molecule has 1 aliphatic heterocycles. The number of hydrogen-bond acceptors (Lipinski definition) is 3. The van der Waals surface area contributed by atoms with Crippen LogP contribution in [0.1, 0.15) is 44.1 Å². The summed E-state index contributed by atoms with van der Waals surface area (Å²) >= 11 is 0. The second-order valence-electron chi connectivity index (χ2n) is 6.17. The Bertz CT molecular complexity index is 413. The quantitative estimate of drug-likeness (QED) is 0.918. The molecular weight excluding hydrogens is 252 g/mol. The molecule has 0 amide bonds. The largest absolute Gasteiger partial charge is 0.390 e. The molecule has 0 radical (unpaired) electrons. The second kappa shape index (κ2) is 5.84. The van der Waals surface area contributed by atoms with Gasteiger partial charge in [0.05, 0.1) is 18.8 Å². The van der Waals surface area contributed by atoms with Crippen LogP contribution in [-0.4, -0.2) is 29.7 Å². The molecule has 1 N–H and O–H groups in total. The molecule has 0 atom stereocenters. The van der Waals surface area contributed by atoms with E-state index < -0.39 is 5.60 Å². The lowest BCUT2D eigenvalue weighted by molar-refractivity contribution is -0.203. The lowest BCUT2D eigenvalue weighted by Gasteiger charge is -2.40. The Kier molecular flexibility index (Phi) is 4.11. The molecule has 1 saturated heterocycles. The van der Waals surface area contributed by atoms with Gasteiger partial charge in [-0.15, -0.1) is 0 Å². The maximum absolute atomic E-state index is 10.7. The van der Waals surface area contributed by atoms with Gasteiger partial charge in [-0.1, -0.05) is 30.3 Å². The maximum atomic E-state index is 10.7. The minimum absolute atomic E-state index is 0.369. The number of aliphatic hydroxyl groups is 1. The Hall–Kier alpha value is -0.900. The molecule has 1 aromatic rings. The van der Waals surface area contributed by atoms with Gasteiger partial charge < -0.3 is 14.6 Å². The van der Waals surface area contributed by atoms with Crippen molar-refractivity contribution < 1.29 is 14.6 Å². The van der Waals surface area contributed by atoms with E-state index in [4.69, 9.17) is 9.47 Å². The Labute approximate surface area is 120 Å². The van der Waals surface area contributed by atoms with Gasteiger partial charge in [-0.25, -0.2) is 0 Å². The van der Waals surface area contributed by atoms with Crippen molar-refractivity contribution in [3.8, 4) is 0 Å². The first kappa shape index (κ1) is 14.1. The van der Waals surface area contributed by atoms with Gasteiger partial charge in [-0.2, -0.15) is 0 Å². The van der Waals surface area contributed by atoms with E-state index in [9.17, 15) is 5.11 Å². The number of benzene rings is 1. The minimum Gasteiger partial charge on any atom is -0.390 e. The maximum Gasteiger partial charge on any atom is 0.168 e. The van der Waals surface area contributed by atoms with Crippen molar-refractivity contribution >= 4 is 0 Å². The molecule has 1 saturated carbocycles. The van der Waals surface area contributed by atoms with E-state index in [2.05, 4.69) is 24.3 Å². The van der Waals surface area contributed by atoms with Gasteiger partial charge in [0.25, 0.3) is 0 Å². The van der Waals surface area contributed by atoms with Crippen molar-refractivity contribution in [1.82, 2.24) is 0 Å². The third-order valence-corrected chi connectivity index (χ3v) is 4.71. The number of rotatable bonds is 4. The van der Waals surface area contributed by atoms with Gasteiger partial charge in [-0.05, 0) is 37.7 Å². The molecule has 0 aromatic heterocycles. The van der Waals surface area contributed by atoms with E-state index in [1.807, 2.05) is 6.07 Å². The van der Waals surface area contributed by atoms with Gasteiger partial charge in [-0.3, -0.25) is 0 Å². The molecule has 3 rings (SSSR count). The highest BCUT2D eigenvalue weighted by atomic mass is 16.7. The summed E-state index contributed by atoms with van der Waals surface area (Å²) in [7, 11) is 0. The second-order valence-corrected chi connectivity index (χ2v) is 6.17. The third kappa shape index (κ3) is 3.22. The molecule has 0 unspecified atom stereocenters. The third-order valence-electron chi connectivity index (χ3n) is 4.71. The molecule has 1 aromatic carbocycles. The normalized spacial score (nSPS) is 24.1. The zero-order chi connectivity index (χ0) is 13.9. The Morgan fingerprint density at radius 3 is 2.25 bits per heavy atom. The van der Waals surface area contributed by atoms with Crippen molar-refractivity contribution in [2.45, 2.75) is 56.3 Å². The first-order valence-corrected chi connectivity index (χ1v) is 7.74. The highest BCUT2D eigenvalue weighted by molar-refractivity contribution is 5.14. The van der Waals surface area contributed by atoms with E-state index in [0.717, 1.165) is 44.9 Å². The summed E-state index contributed by atoms with van der Waals surface area (Å²) < 4.78 is 11.4. The summed E-state index contributed by atoms with van der Waals surface area (Å²) in [4.78, 5) is 0. The summed E-state index contributed by atoms with van der Waals surface area (Å²) in [5.74, 6) is -0.369. The standard InChI is InChI=1S/C17H24O3/c18-16(8-4-7-15-5-2-1-3-6-15)9-11-17(12-10-16)19-13-14-20-17/h1-3,5-6,18H,4,7-14H2. The highest BCUT2D eigenvalue weighted by Crippen LogP contribution is 2.42. The van der Waals surface area contributed by atoms with Crippen molar-refractivity contribution in [1.29, 1.82) is 0 Å². The smallest absolute Gasteiger partial charge is 0.168 e. The molecule has 0 bridgehead atoms. The highest BCUT2D eigenvalue weighted by Gasteiger charge is 2.45. The molecule has 20 heavy (non-hydrogen) atoms. The fraction of sp³-hybridized carbons (Fsp3) is 0.647. The SMILES string of the molecule is OC1(CCCc2ccccc2)CCC2(CC1)OCCO2. The van der Waals surface area contributed by atoms with Crippen molar-refractivity contribution in [2.24, 2.45) is 0 Å². The van der Waals surface area contributed by atoms with Crippen LogP contribution in [0.2, 0.25) is 0 Å². The number of ether oxygens (including phenoxy) is 2. The van der Waals surface area contributed by atoms with Crippen LogP contribution in [-0.2, 0) is 15.9 Å². The topological polar surface area (TPSA) is 38.7 Å². The Morgan fingerprint density at radius 2 is 1.60 bits per heavy atom. The predicted octanol–water partition coefficient (Wildman–Crippen LogP) is 3.06. The first-order chi connectivity index (χ1) is 9.70. The van der Waals surface area contributed by atoms with Crippen molar-refractivity contribution in [3.63, 3.8) is 0 Å². The zero-order valence-electron chi connectivity index (χ0n) is 12.0. The van der Waals surface area contributed by atoms with E-state index in [1.54, 1.807) is 0 Å². The van der Waals surface area contributed by atoms with E-state index in [-0.39, 0.29) is 5.79 Å². The van der Waals surface area contributed by atoms with Crippen molar-refractivity contribution in [2.75, 3.05) is 13.2 Å². The summed E-state index contributed by atoms with van der Waals surface area (Å²) in [6, 6.07) is 10.5. The Morgan fingerprint density at radius 1 is 0.950 bits per heavy atom. The molecular formula is C17H24O3.